The van der Waals surface area contributed by atoms with E-state index in [1.165, 1.54) is 5.57 Å². The van der Waals surface area contributed by atoms with Gasteiger partial charge in [-0.3, -0.25) is 0 Å². The molecule has 66 valence electrons. The molecule has 0 saturated carbocycles. The Morgan fingerprint density at radius 2 is 2.33 bits per heavy atom. The highest BCUT2D eigenvalue weighted by molar-refractivity contribution is 5.24. The first kappa shape index (κ1) is 7.95. The van der Waals surface area contributed by atoms with Gasteiger partial charge in [-0.1, -0.05) is 11.6 Å². The first-order chi connectivity index (χ1) is 5.86. The number of nitrogens with one attached hydrogen (secondary N) is 1. The van der Waals surface area contributed by atoms with Crippen LogP contribution in [0.5, 0.6) is 0 Å². The molecule has 1 atom stereocenters. The lowest BCUT2D eigenvalue weighted by Crippen LogP contribution is -2.23. The van der Waals surface area contributed by atoms with Crippen molar-refractivity contribution >= 4 is 0 Å². The molecule has 0 aromatic heterocycles. The summed E-state index contributed by atoms with van der Waals surface area (Å²) < 4.78 is 12.6. The van der Waals surface area contributed by atoms with E-state index in [0.29, 0.717) is 12.5 Å². The van der Waals surface area contributed by atoms with Crippen LogP contribution in [0.3, 0.4) is 0 Å². The highest BCUT2D eigenvalue weighted by atomic mass is 19.1. The second-order valence-corrected chi connectivity index (χ2v) is 3.16. The van der Waals surface area contributed by atoms with Gasteiger partial charge in [-0.15, -0.1) is 0 Å². The maximum atomic E-state index is 12.6. The van der Waals surface area contributed by atoms with Gasteiger partial charge in [-0.25, -0.2) is 4.39 Å². The van der Waals surface area contributed by atoms with Crippen molar-refractivity contribution in [1.29, 1.82) is 0 Å². The predicted octanol–water partition coefficient (Wildman–Crippen LogP) is 1.85. The van der Waals surface area contributed by atoms with Crippen LogP contribution in [-0.4, -0.2) is 12.6 Å². The second-order valence-electron chi connectivity index (χ2n) is 3.16. The van der Waals surface area contributed by atoms with E-state index in [9.17, 15) is 4.39 Å². The molecule has 0 radical (unpaired) electrons. The lowest BCUT2D eigenvalue weighted by atomic mass is 9.96. The summed E-state index contributed by atoms with van der Waals surface area (Å²) in [5.74, 6) is -0.0161. The Morgan fingerprint density at radius 1 is 1.42 bits per heavy atom. The van der Waals surface area contributed by atoms with Crippen molar-refractivity contribution in [2.45, 2.75) is 25.3 Å². The first-order valence-electron chi connectivity index (χ1n) is 4.29. The zero-order valence-electron chi connectivity index (χ0n) is 6.85. The minimum absolute atomic E-state index is 0.0161. The number of hydrogen-bond acceptors (Lipinski definition) is 2. The van der Waals surface area contributed by atoms with Crippen molar-refractivity contribution in [1.82, 2.24) is 5.48 Å². The second kappa shape index (κ2) is 3.37. The summed E-state index contributed by atoms with van der Waals surface area (Å²) >= 11 is 0. The molecule has 1 aliphatic carbocycles. The van der Waals surface area contributed by atoms with Crippen LogP contribution < -0.4 is 5.48 Å². The SMILES string of the molecule is FC1=CC=C(C2CCON2)CC1. The van der Waals surface area contributed by atoms with Crippen molar-refractivity contribution < 1.29 is 9.23 Å². The van der Waals surface area contributed by atoms with Crippen LogP contribution >= 0.6 is 0 Å². The van der Waals surface area contributed by atoms with Crippen LogP contribution in [0.15, 0.2) is 23.6 Å². The molecular formula is C9H12FNO. The monoisotopic (exact) mass is 169 g/mol. The molecule has 0 aromatic rings. The lowest BCUT2D eigenvalue weighted by Gasteiger charge is -2.15. The van der Waals surface area contributed by atoms with Gasteiger partial charge in [0, 0.05) is 6.42 Å². The molecule has 1 fully saturated rings. The van der Waals surface area contributed by atoms with Crippen molar-refractivity contribution in [3.8, 4) is 0 Å². The van der Waals surface area contributed by atoms with Crippen LogP contribution in [0.1, 0.15) is 19.3 Å². The molecule has 1 unspecified atom stereocenters. The Morgan fingerprint density at radius 3 is 2.92 bits per heavy atom. The number of halogens is 1. The molecule has 1 aliphatic heterocycles. The fraction of sp³-hybridized carbons (Fsp3) is 0.556. The highest BCUT2D eigenvalue weighted by Crippen LogP contribution is 2.24. The Kier molecular flexibility index (Phi) is 2.23. The van der Waals surface area contributed by atoms with Gasteiger partial charge >= 0.3 is 0 Å². The average molecular weight is 169 g/mol. The molecule has 12 heavy (non-hydrogen) atoms. The maximum absolute atomic E-state index is 12.6. The van der Waals surface area contributed by atoms with Crippen molar-refractivity contribution in [2.24, 2.45) is 0 Å². The van der Waals surface area contributed by atoms with Crippen LogP contribution in [0, 0.1) is 0 Å². The molecule has 2 nitrogen and oxygen atoms in total. The summed E-state index contributed by atoms with van der Waals surface area (Å²) in [6.45, 7) is 0.758. The van der Waals surface area contributed by atoms with Crippen molar-refractivity contribution in [3.05, 3.63) is 23.6 Å². The molecule has 0 amide bonds. The number of hydrogen-bond donors (Lipinski definition) is 1. The zero-order chi connectivity index (χ0) is 8.39. The molecule has 2 rings (SSSR count). The van der Waals surface area contributed by atoms with Gasteiger partial charge in [-0.05, 0) is 18.9 Å². The summed E-state index contributed by atoms with van der Waals surface area (Å²) in [5, 5.41) is 0. The van der Waals surface area contributed by atoms with E-state index in [2.05, 4.69) is 5.48 Å². The van der Waals surface area contributed by atoms with Gasteiger partial charge in [0.15, 0.2) is 0 Å². The predicted molar refractivity (Wildman–Crippen MR) is 44.0 cm³/mol. The third kappa shape index (κ3) is 1.57. The standard InChI is InChI=1S/C9H12FNO/c10-8-3-1-7(2-4-8)9-5-6-12-11-9/h1,3,9,11H,2,4-6H2. The van der Waals surface area contributed by atoms with Crippen LogP contribution in [0.4, 0.5) is 4.39 Å². The number of hydroxylamine groups is 1. The Bertz CT molecular complexity index is 229. The molecule has 0 bridgehead atoms. The summed E-state index contributed by atoms with van der Waals surface area (Å²) in [4.78, 5) is 5.03. The molecule has 1 heterocycles. The third-order valence-corrected chi connectivity index (χ3v) is 2.31. The number of rotatable bonds is 1. The number of allylic oxidation sites excluding steroid dienone is 3. The van der Waals surface area contributed by atoms with Crippen LogP contribution in [-0.2, 0) is 4.84 Å². The van der Waals surface area contributed by atoms with Gasteiger partial charge in [0.1, 0.15) is 5.83 Å². The summed E-state index contributed by atoms with van der Waals surface area (Å²) in [7, 11) is 0. The highest BCUT2D eigenvalue weighted by Gasteiger charge is 2.20. The largest absolute Gasteiger partial charge is 0.301 e. The van der Waals surface area contributed by atoms with Gasteiger partial charge in [0.25, 0.3) is 0 Å². The van der Waals surface area contributed by atoms with Gasteiger partial charge in [0.05, 0.1) is 12.6 Å². The van der Waals surface area contributed by atoms with E-state index in [0.717, 1.165) is 19.4 Å². The third-order valence-electron chi connectivity index (χ3n) is 2.31. The first-order valence-corrected chi connectivity index (χ1v) is 4.29. The van der Waals surface area contributed by atoms with Gasteiger partial charge < -0.3 is 4.84 Å². The molecule has 1 N–H and O–H groups in total. The fourth-order valence-corrected chi connectivity index (χ4v) is 1.57. The summed E-state index contributed by atoms with van der Waals surface area (Å²) in [6, 6.07) is 0.314. The summed E-state index contributed by atoms with van der Waals surface area (Å²) in [5.41, 5.74) is 4.18. The van der Waals surface area contributed by atoms with E-state index < -0.39 is 0 Å². The lowest BCUT2D eigenvalue weighted by molar-refractivity contribution is 0.0925. The molecule has 0 aromatic carbocycles. The molecule has 1 saturated heterocycles. The minimum Gasteiger partial charge on any atom is -0.301 e. The fourth-order valence-electron chi connectivity index (χ4n) is 1.57. The topological polar surface area (TPSA) is 21.3 Å². The van der Waals surface area contributed by atoms with E-state index in [1.54, 1.807) is 6.08 Å². The quantitative estimate of drug-likeness (QED) is 0.646. The Labute approximate surface area is 71.1 Å². The van der Waals surface area contributed by atoms with Crippen molar-refractivity contribution in [3.63, 3.8) is 0 Å². The molecule has 2 aliphatic rings. The van der Waals surface area contributed by atoms with Crippen LogP contribution in [0.25, 0.3) is 0 Å². The Balaban J connectivity index is 2.04. The summed E-state index contributed by atoms with van der Waals surface area (Å²) in [6.07, 6.45) is 5.79. The smallest absolute Gasteiger partial charge is 0.100 e. The average Bonchev–Trinajstić information content (AvgIpc) is 2.58. The molecular weight excluding hydrogens is 157 g/mol. The normalized spacial score (nSPS) is 29.9. The maximum Gasteiger partial charge on any atom is 0.100 e. The molecule has 3 heteroatoms. The Hall–Kier alpha value is -0.670. The van der Waals surface area contributed by atoms with E-state index in [4.69, 9.17) is 4.84 Å². The zero-order valence-corrected chi connectivity index (χ0v) is 6.85. The van der Waals surface area contributed by atoms with E-state index in [1.807, 2.05) is 6.08 Å². The van der Waals surface area contributed by atoms with Crippen LogP contribution in [0.2, 0.25) is 0 Å². The van der Waals surface area contributed by atoms with Gasteiger partial charge in [-0.2, -0.15) is 5.48 Å². The van der Waals surface area contributed by atoms with Gasteiger partial charge in [0.2, 0.25) is 0 Å². The van der Waals surface area contributed by atoms with E-state index >= 15 is 0 Å². The molecule has 0 spiro atoms. The minimum atomic E-state index is -0.0161. The van der Waals surface area contributed by atoms with Crippen molar-refractivity contribution in [2.75, 3.05) is 6.61 Å². The van der Waals surface area contributed by atoms with E-state index in [-0.39, 0.29) is 5.83 Å².